The van der Waals surface area contributed by atoms with Gasteiger partial charge in [0.15, 0.2) is 9.79 Å². The molecule has 3 rings (SSSR count). The van der Waals surface area contributed by atoms with Gasteiger partial charge in [-0.05, 0) is 51.3 Å². The van der Waals surface area contributed by atoms with Crippen molar-refractivity contribution in [2.24, 2.45) is 0 Å². The van der Waals surface area contributed by atoms with Crippen molar-refractivity contribution in [1.82, 2.24) is 4.90 Å². The first kappa shape index (κ1) is 15.7. The number of para-hydroxylation sites is 1. The van der Waals surface area contributed by atoms with E-state index in [1.54, 1.807) is 0 Å². The van der Waals surface area contributed by atoms with E-state index in [4.69, 9.17) is 11.6 Å². The predicted molar refractivity (Wildman–Crippen MR) is 92.7 cm³/mol. The molecule has 2 aromatic carbocycles. The molecule has 1 aliphatic heterocycles. The lowest BCUT2D eigenvalue weighted by atomic mass is 10.2. The molecule has 22 heavy (non-hydrogen) atoms. The molecule has 0 aliphatic carbocycles. The van der Waals surface area contributed by atoms with Crippen LogP contribution >= 0.6 is 11.6 Å². The van der Waals surface area contributed by atoms with Crippen LogP contribution in [0.5, 0.6) is 0 Å². The Morgan fingerprint density at radius 3 is 2.59 bits per heavy atom. The van der Waals surface area contributed by atoms with Crippen LogP contribution in [-0.2, 0) is 11.2 Å². The summed E-state index contributed by atoms with van der Waals surface area (Å²) in [5, 5.41) is 0.625. The van der Waals surface area contributed by atoms with Crippen LogP contribution in [0.25, 0.3) is 0 Å². The molecule has 1 heterocycles. The Morgan fingerprint density at radius 2 is 1.82 bits per heavy atom. The zero-order chi connectivity index (χ0) is 15.7. The van der Waals surface area contributed by atoms with Gasteiger partial charge in [0.25, 0.3) is 0 Å². The molecular formula is C17H19ClN2OS. The first-order chi connectivity index (χ1) is 10.6. The summed E-state index contributed by atoms with van der Waals surface area (Å²) in [6, 6.07) is 13.6. The standard InChI is InChI=1S/C17H19ClN2OS/c1-19(2)10-5-11-20-14-6-3-4-7-16(14)22(21)17-12-13(18)8-9-15(17)20/h3-4,6-9,12H,5,10-11H2,1-2H3. The first-order valence-electron chi connectivity index (χ1n) is 7.30. The topological polar surface area (TPSA) is 29.5 Å². The molecule has 2 aromatic rings. The summed E-state index contributed by atoms with van der Waals surface area (Å²) in [5.41, 5.74) is 2.04. The van der Waals surface area contributed by atoms with E-state index in [0.29, 0.717) is 5.02 Å². The molecule has 1 unspecified atom stereocenters. The van der Waals surface area contributed by atoms with E-state index in [2.05, 4.69) is 23.9 Å². The third-order valence-corrected chi connectivity index (χ3v) is 5.46. The maximum absolute atomic E-state index is 12.8. The second-order valence-corrected chi connectivity index (χ2v) is 7.51. The van der Waals surface area contributed by atoms with E-state index in [-0.39, 0.29) is 0 Å². The number of benzene rings is 2. The zero-order valence-electron chi connectivity index (χ0n) is 12.8. The fourth-order valence-electron chi connectivity index (χ4n) is 2.73. The minimum absolute atomic E-state index is 0.625. The van der Waals surface area contributed by atoms with E-state index >= 15 is 0 Å². The van der Waals surface area contributed by atoms with Crippen molar-refractivity contribution in [1.29, 1.82) is 0 Å². The Hall–Kier alpha value is -1.20. The van der Waals surface area contributed by atoms with Crippen molar-refractivity contribution in [3.63, 3.8) is 0 Å². The van der Waals surface area contributed by atoms with Gasteiger partial charge in [-0.15, -0.1) is 0 Å². The normalized spacial score (nSPS) is 16.6. The lowest BCUT2D eigenvalue weighted by molar-refractivity contribution is 0.402. The lowest BCUT2D eigenvalue weighted by Gasteiger charge is -2.33. The van der Waals surface area contributed by atoms with Crippen LogP contribution in [0.2, 0.25) is 5.02 Å². The van der Waals surface area contributed by atoms with Gasteiger partial charge in [0.1, 0.15) is 0 Å². The minimum Gasteiger partial charge on any atom is -0.606 e. The molecule has 5 heteroatoms. The Morgan fingerprint density at radius 1 is 1.09 bits per heavy atom. The number of anilines is 2. The van der Waals surface area contributed by atoms with Crippen molar-refractivity contribution in [3.8, 4) is 0 Å². The van der Waals surface area contributed by atoms with Gasteiger partial charge in [0.2, 0.25) is 0 Å². The van der Waals surface area contributed by atoms with Gasteiger partial charge in [-0.3, -0.25) is 0 Å². The second kappa shape index (κ2) is 6.50. The summed E-state index contributed by atoms with van der Waals surface area (Å²) in [6.07, 6.45) is 1.04. The summed E-state index contributed by atoms with van der Waals surface area (Å²) < 4.78 is 12.8. The average molecular weight is 335 g/mol. The highest BCUT2D eigenvalue weighted by Gasteiger charge is 2.33. The highest BCUT2D eigenvalue weighted by Crippen LogP contribution is 2.44. The number of nitrogens with zero attached hydrogens (tertiary/aromatic N) is 2. The van der Waals surface area contributed by atoms with E-state index < -0.39 is 11.2 Å². The van der Waals surface area contributed by atoms with E-state index in [9.17, 15) is 4.55 Å². The average Bonchev–Trinajstić information content (AvgIpc) is 2.50. The first-order valence-corrected chi connectivity index (χ1v) is 8.83. The summed E-state index contributed by atoms with van der Waals surface area (Å²) >= 11 is 4.93. The highest BCUT2D eigenvalue weighted by molar-refractivity contribution is 7.92. The second-order valence-electron chi connectivity index (χ2n) is 5.66. The van der Waals surface area contributed by atoms with Crippen LogP contribution in [0.3, 0.4) is 0 Å². The predicted octanol–water partition coefficient (Wildman–Crippen LogP) is 3.91. The van der Waals surface area contributed by atoms with Crippen LogP contribution in [0.15, 0.2) is 52.3 Å². The molecule has 0 fully saturated rings. The Kier molecular flexibility index (Phi) is 4.64. The fraction of sp³-hybridized carbons (Fsp3) is 0.294. The molecule has 0 N–H and O–H groups in total. The maximum atomic E-state index is 12.8. The summed E-state index contributed by atoms with van der Waals surface area (Å²) in [5.74, 6) is 0. The van der Waals surface area contributed by atoms with E-state index in [1.165, 1.54) is 0 Å². The fourth-order valence-corrected chi connectivity index (χ4v) is 4.38. The van der Waals surface area contributed by atoms with Crippen LogP contribution in [-0.4, -0.2) is 36.6 Å². The van der Waals surface area contributed by atoms with Gasteiger partial charge in [-0.25, -0.2) is 0 Å². The Labute approximate surface area is 139 Å². The van der Waals surface area contributed by atoms with Crippen molar-refractivity contribution in [2.75, 3.05) is 32.1 Å². The molecule has 3 nitrogen and oxygen atoms in total. The molecule has 1 aliphatic rings. The molecule has 0 radical (unpaired) electrons. The third kappa shape index (κ3) is 2.97. The van der Waals surface area contributed by atoms with Crippen molar-refractivity contribution < 1.29 is 4.55 Å². The minimum atomic E-state index is -1.17. The van der Waals surface area contributed by atoms with Gasteiger partial charge in [0, 0.05) is 28.8 Å². The summed E-state index contributed by atoms with van der Waals surface area (Å²) in [7, 11) is 4.15. The molecule has 0 bridgehead atoms. The van der Waals surface area contributed by atoms with Gasteiger partial charge in [-0.1, -0.05) is 23.7 Å². The molecule has 1 atom stereocenters. The van der Waals surface area contributed by atoms with Crippen LogP contribution in [0, 0.1) is 0 Å². The van der Waals surface area contributed by atoms with Crippen molar-refractivity contribution in [3.05, 3.63) is 47.5 Å². The number of halogens is 1. The van der Waals surface area contributed by atoms with Crippen LogP contribution in [0.1, 0.15) is 6.42 Å². The quantitative estimate of drug-likeness (QED) is 0.794. The molecule has 0 spiro atoms. The van der Waals surface area contributed by atoms with E-state index in [1.807, 2.05) is 42.5 Å². The smallest absolute Gasteiger partial charge is 0.183 e. The van der Waals surface area contributed by atoms with Gasteiger partial charge >= 0.3 is 0 Å². The summed E-state index contributed by atoms with van der Waals surface area (Å²) in [6.45, 7) is 1.91. The SMILES string of the molecule is CN(C)CCCN1c2ccccc2[S+]([O-])c2cc(Cl)ccc21. The van der Waals surface area contributed by atoms with Crippen LogP contribution in [0.4, 0.5) is 11.4 Å². The molecule has 0 saturated heterocycles. The van der Waals surface area contributed by atoms with E-state index in [0.717, 1.165) is 40.7 Å². The van der Waals surface area contributed by atoms with Gasteiger partial charge < -0.3 is 14.4 Å². The third-order valence-electron chi connectivity index (χ3n) is 3.76. The van der Waals surface area contributed by atoms with Crippen molar-refractivity contribution >= 4 is 34.2 Å². The Bertz CT molecular complexity index is 677. The number of hydrogen-bond donors (Lipinski definition) is 0. The maximum Gasteiger partial charge on any atom is 0.183 e. The van der Waals surface area contributed by atoms with Crippen LogP contribution < -0.4 is 4.90 Å². The summed E-state index contributed by atoms with van der Waals surface area (Å²) in [4.78, 5) is 6.10. The van der Waals surface area contributed by atoms with Gasteiger partial charge in [0.05, 0.1) is 11.4 Å². The van der Waals surface area contributed by atoms with Crippen molar-refractivity contribution in [2.45, 2.75) is 16.2 Å². The zero-order valence-corrected chi connectivity index (χ0v) is 14.3. The van der Waals surface area contributed by atoms with Gasteiger partial charge in [-0.2, -0.15) is 0 Å². The molecular weight excluding hydrogens is 316 g/mol. The number of hydrogen-bond acceptors (Lipinski definition) is 3. The lowest BCUT2D eigenvalue weighted by Crippen LogP contribution is -2.28. The highest BCUT2D eigenvalue weighted by atomic mass is 35.5. The molecule has 116 valence electrons. The molecule has 0 amide bonds. The molecule has 0 saturated carbocycles. The monoisotopic (exact) mass is 334 g/mol. The largest absolute Gasteiger partial charge is 0.606 e. The number of rotatable bonds is 4. The Balaban J connectivity index is 2.00. The molecule has 0 aromatic heterocycles. The number of fused-ring (bicyclic) bond motifs is 2.